The summed E-state index contributed by atoms with van der Waals surface area (Å²) in [6.45, 7) is 15.1. The SMILES string of the molecule is CC.CCC(C)(C)CNCCCc1cn(Cn2cnc3ccccc3c2=O)nn1.Cc1nn2c(-c3ccccc3)nnc2cc1C1CCC1. The molecular weight excluding hydrogens is 612 g/mol. The van der Waals surface area contributed by atoms with Gasteiger partial charge in [-0.05, 0) is 80.7 Å². The molecule has 0 bridgehead atoms. The molecule has 0 aliphatic heterocycles. The molecule has 49 heavy (non-hydrogen) atoms. The molecule has 1 aliphatic carbocycles. The van der Waals surface area contributed by atoms with Crippen LogP contribution in [0.15, 0.2) is 78.0 Å². The van der Waals surface area contributed by atoms with Crippen LogP contribution in [-0.2, 0) is 13.1 Å². The fraction of sp³-hybridized carbons (Fsp3) is 0.447. The smallest absolute Gasteiger partial charge is 0.262 e. The molecule has 4 heterocycles. The van der Waals surface area contributed by atoms with Crippen LogP contribution in [0.3, 0.4) is 0 Å². The fourth-order valence-corrected chi connectivity index (χ4v) is 5.66. The zero-order valence-corrected chi connectivity index (χ0v) is 29.8. The van der Waals surface area contributed by atoms with Crippen LogP contribution in [-0.4, -0.2) is 57.4 Å². The van der Waals surface area contributed by atoms with Crippen LogP contribution in [0, 0.1) is 12.3 Å². The van der Waals surface area contributed by atoms with Crippen LogP contribution >= 0.6 is 0 Å². The number of nitrogens with one attached hydrogen (secondary N) is 1. The Labute approximate surface area is 288 Å². The maximum absolute atomic E-state index is 12.5. The van der Waals surface area contributed by atoms with Crippen molar-refractivity contribution >= 4 is 16.6 Å². The molecule has 0 amide bonds. The highest BCUT2D eigenvalue weighted by molar-refractivity contribution is 5.76. The second-order valence-corrected chi connectivity index (χ2v) is 13.2. The average Bonchev–Trinajstić information content (AvgIpc) is 3.73. The quantitative estimate of drug-likeness (QED) is 0.150. The summed E-state index contributed by atoms with van der Waals surface area (Å²) >= 11 is 0. The number of rotatable bonds is 11. The summed E-state index contributed by atoms with van der Waals surface area (Å²) in [6.07, 6.45) is 10.4. The normalized spacial score (nSPS) is 13.0. The number of para-hydroxylation sites is 1. The first-order valence-electron chi connectivity index (χ1n) is 17.6. The number of fused-ring (bicyclic) bond motifs is 2. The molecule has 4 aromatic heterocycles. The number of aromatic nitrogens is 9. The molecular formula is C38H50N10O. The van der Waals surface area contributed by atoms with Gasteiger partial charge in [-0.1, -0.05) is 88.7 Å². The summed E-state index contributed by atoms with van der Waals surface area (Å²) < 4.78 is 5.09. The van der Waals surface area contributed by atoms with Crippen molar-refractivity contribution < 1.29 is 0 Å². The van der Waals surface area contributed by atoms with E-state index in [-0.39, 0.29) is 5.56 Å². The summed E-state index contributed by atoms with van der Waals surface area (Å²) in [5, 5.41) is 25.8. The van der Waals surface area contributed by atoms with E-state index < -0.39 is 0 Å². The van der Waals surface area contributed by atoms with E-state index in [1.807, 2.05) is 73.1 Å². The molecule has 2 aromatic carbocycles. The standard InChI is InChI=1S/C20H28N6O.C16H16N4.C2H6/c1-4-20(2,3)13-21-11-7-8-16-12-26(24-23-16)15-25-14-22-18-10-6-5-9-17(18)19(25)27;1-11-14(12-8-5-9-12)10-15-17-18-16(20(15)19-11)13-6-3-2-4-7-13;1-2/h5-6,9-10,12,14,21H,4,7-8,11,13,15H2,1-3H3;2-4,6-7,10,12H,5,8-9H2,1H3;1-2H3. The molecule has 0 spiro atoms. The summed E-state index contributed by atoms with van der Waals surface area (Å²) in [4.78, 5) is 16.9. The van der Waals surface area contributed by atoms with Crippen LogP contribution < -0.4 is 10.9 Å². The first-order valence-corrected chi connectivity index (χ1v) is 17.6. The van der Waals surface area contributed by atoms with Crippen LogP contribution in [0.25, 0.3) is 27.9 Å². The first kappa shape index (κ1) is 35.5. The Kier molecular flexibility index (Phi) is 12.0. The van der Waals surface area contributed by atoms with Crippen molar-refractivity contribution in [2.75, 3.05) is 13.1 Å². The van der Waals surface area contributed by atoms with E-state index in [4.69, 9.17) is 5.10 Å². The first-order chi connectivity index (χ1) is 23.8. The summed E-state index contributed by atoms with van der Waals surface area (Å²) in [5.41, 5.74) is 6.24. The zero-order chi connectivity index (χ0) is 34.8. The number of aryl methyl sites for hydroxylation is 2. The number of nitrogens with zero attached hydrogens (tertiary/aromatic N) is 9. The van der Waals surface area contributed by atoms with E-state index >= 15 is 0 Å². The fourth-order valence-electron chi connectivity index (χ4n) is 5.66. The van der Waals surface area contributed by atoms with Crippen molar-refractivity contribution in [3.8, 4) is 11.4 Å². The summed E-state index contributed by atoms with van der Waals surface area (Å²) in [5.74, 6) is 1.48. The zero-order valence-electron chi connectivity index (χ0n) is 29.8. The van der Waals surface area contributed by atoms with E-state index in [0.29, 0.717) is 28.9 Å². The van der Waals surface area contributed by atoms with Gasteiger partial charge in [-0.15, -0.1) is 15.3 Å². The molecule has 11 nitrogen and oxygen atoms in total. The Morgan fingerprint density at radius 3 is 2.47 bits per heavy atom. The second kappa shape index (κ2) is 16.6. The molecule has 0 radical (unpaired) electrons. The highest BCUT2D eigenvalue weighted by atomic mass is 16.1. The van der Waals surface area contributed by atoms with Gasteiger partial charge in [0.2, 0.25) is 0 Å². The Morgan fingerprint density at radius 1 is 0.980 bits per heavy atom. The predicted octanol–water partition coefficient (Wildman–Crippen LogP) is 6.85. The maximum Gasteiger partial charge on any atom is 0.262 e. The van der Waals surface area contributed by atoms with Gasteiger partial charge in [0.15, 0.2) is 11.5 Å². The topological polar surface area (TPSA) is 121 Å². The van der Waals surface area contributed by atoms with E-state index in [2.05, 4.69) is 64.6 Å². The molecule has 6 aromatic rings. The van der Waals surface area contributed by atoms with Gasteiger partial charge in [0, 0.05) is 12.1 Å². The van der Waals surface area contributed by atoms with Crippen molar-refractivity contribution in [2.24, 2.45) is 5.41 Å². The van der Waals surface area contributed by atoms with E-state index in [9.17, 15) is 4.79 Å². The van der Waals surface area contributed by atoms with Crippen molar-refractivity contribution in [2.45, 2.75) is 92.7 Å². The van der Waals surface area contributed by atoms with Gasteiger partial charge in [-0.3, -0.25) is 9.36 Å². The molecule has 11 heteroatoms. The third kappa shape index (κ3) is 8.83. The Hall–Kier alpha value is -4.77. The Bertz CT molecular complexity index is 1990. The van der Waals surface area contributed by atoms with Crippen molar-refractivity contribution in [3.05, 3.63) is 100 Å². The minimum Gasteiger partial charge on any atom is -0.316 e. The molecule has 1 fully saturated rings. The van der Waals surface area contributed by atoms with Gasteiger partial charge in [0.25, 0.3) is 5.56 Å². The number of hydrogen-bond acceptors (Lipinski definition) is 8. The molecule has 0 saturated heterocycles. The highest BCUT2D eigenvalue weighted by Gasteiger charge is 2.23. The molecule has 258 valence electrons. The van der Waals surface area contributed by atoms with Gasteiger partial charge >= 0.3 is 0 Å². The lowest BCUT2D eigenvalue weighted by molar-refractivity contribution is 0.328. The minimum absolute atomic E-state index is 0.0691. The van der Waals surface area contributed by atoms with Crippen molar-refractivity contribution in [3.63, 3.8) is 0 Å². The maximum atomic E-state index is 12.5. The van der Waals surface area contributed by atoms with Crippen molar-refractivity contribution in [1.82, 2.24) is 49.7 Å². The van der Waals surface area contributed by atoms with Crippen LogP contribution in [0.4, 0.5) is 0 Å². The molecule has 0 unspecified atom stereocenters. The van der Waals surface area contributed by atoms with Gasteiger partial charge in [0.1, 0.15) is 6.67 Å². The van der Waals surface area contributed by atoms with Crippen LogP contribution in [0.5, 0.6) is 0 Å². The molecule has 1 saturated carbocycles. The molecule has 1 aliphatic rings. The monoisotopic (exact) mass is 662 g/mol. The van der Waals surface area contributed by atoms with E-state index in [1.54, 1.807) is 21.6 Å². The van der Waals surface area contributed by atoms with E-state index in [0.717, 1.165) is 60.8 Å². The summed E-state index contributed by atoms with van der Waals surface area (Å²) in [6, 6.07) is 19.6. The number of hydrogen-bond donors (Lipinski definition) is 1. The lowest BCUT2D eigenvalue weighted by Gasteiger charge is -2.26. The predicted molar refractivity (Wildman–Crippen MR) is 196 cm³/mol. The Balaban J connectivity index is 0.000000188. The van der Waals surface area contributed by atoms with Gasteiger partial charge in [-0.25, -0.2) is 9.67 Å². The van der Waals surface area contributed by atoms with Crippen molar-refractivity contribution in [1.29, 1.82) is 0 Å². The number of benzene rings is 2. The molecule has 7 rings (SSSR count). The third-order valence-electron chi connectivity index (χ3n) is 9.16. The minimum atomic E-state index is -0.0691. The molecule has 1 N–H and O–H groups in total. The third-order valence-corrected chi connectivity index (χ3v) is 9.16. The van der Waals surface area contributed by atoms with Gasteiger partial charge in [0.05, 0.1) is 34.8 Å². The molecule has 0 atom stereocenters. The van der Waals surface area contributed by atoms with E-state index in [1.165, 1.54) is 24.8 Å². The second-order valence-electron chi connectivity index (χ2n) is 13.2. The lowest BCUT2D eigenvalue weighted by Crippen LogP contribution is -2.29. The largest absolute Gasteiger partial charge is 0.316 e. The highest BCUT2D eigenvalue weighted by Crippen LogP contribution is 2.37. The Morgan fingerprint density at radius 2 is 1.73 bits per heavy atom. The summed E-state index contributed by atoms with van der Waals surface area (Å²) in [7, 11) is 0. The van der Waals surface area contributed by atoms with Gasteiger partial charge < -0.3 is 5.32 Å². The van der Waals surface area contributed by atoms with Gasteiger partial charge in [-0.2, -0.15) is 9.61 Å². The average molecular weight is 663 g/mol. The van der Waals surface area contributed by atoms with Crippen LogP contribution in [0.2, 0.25) is 0 Å². The lowest BCUT2D eigenvalue weighted by atomic mass is 9.80. The van der Waals surface area contributed by atoms with Crippen LogP contribution in [0.1, 0.15) is 89.6 Å².